The predicted molar refractivity (Wildman–Crippen MR) is 68.9 cm³/mol. The predicted octanol–water partition coefficient (Wildman–Crippen LogP) is 2.40. The summed E-state index contributed by atoms with van der Waals surface area (Å²) in [4.78, 5) is 3.98. The van der Waals surface area contributed by atoms with Crippen LogP contribution in [0, 0.1) is 0 Å². The average Bonchev–Trinajstić information content (AvgIpc) is 2.99. The molecular formula is C13H16N2OS. The lowest BCUT2D eigenvalue weighted by Crippen LogP contribution is -2.37. The molecule has 1 atom stereocenters. The lowest BCUT2D eigenvalue weighted by molar-refractivity contribution is 0.184. The first-order valence-corrected chi connectivity index (χ1v) is 6.78. The van der Waals surface area contributed by atoms with Gasteiger partial charge in [-0.15, -0.1) is 11.3 Å². The van der Waals surface area contributed by atoms with E-state index >= 15 is 0 Å². The Hall–Kier alpha value is -1.10. The molecule has 3 heterocycles. The molecule has 2 N–H and O–H groups in total. The number of furan rings is 1. The molecule has 90 valence electrons. The molecule has 1 unspecified atom stereocenters. The van der Waals surface area contributed by atoms with Crippen molar-refractivity contribution in [3.8, 4) is 0 Å². The molecule has 0 aromatic carbocycles. The first-order chi connectivity index (χ1) is 8.38. The summed E-state index contributed by atoms with van der Waals surface area (Å²) < 4.78 is 5.16. The summed E-state index contributed by atoms with van der Waals surface area (Å²) in [6.45, 7) is 2.73. The normalized spacial score (nSPS) is 17.9. The van der Waals surface area contributed by atoms with E-state index in [1.165, 1.54) is 16.0 Å². The van der Waals surface area contributed by atoms with Crippen LogP contribution in [-0.4, -0.2) is 18.0 Å². The van der Waals surface area contributed by atoms with E-state index in [0.717, 1.165) is 19.5 Å². The number of hydrogen-bond acceptors (Lipinski definition) is 4. The molecule has 0 saturated carbocycles. The minimum Gasteiger partial charge on any atom is -0.472 e. The third kappa shape index (κ3) is 2.04. The molecule has 0 fully saturated rings. The molecule has 3 nitrogen and oxygen atoms in total. The van der Waals surface area contributed by atoms with E-state index < -0.39 is 0 Å². The first-order valence-electron chi connectivity index (χ1n) is 5.90. The molecule has 0 saturated heterocycles. The molecule has 0 amide bonds. The van der Waals surface area contributed by atoms with Gasteiger partial charge in [0.1, 0.15) is 0 Å². The van der Waals surface area contributed by atoms with Crippen LogP contribution in [-0.2, 0) is 13.0 Å². The molecule has 0 bridgehead atoms. The van der Waals surface area contributed by atoms with Gasteiger partial charge in [-0.25, -0.2) is 0 Å². The molecule has 4 heteroatoms. The van der Waals surface area contributed by atoms with Crippen LogP contribution >= 0.6 is 11.3 Å². The Balaban J connectivity index is 1.81. The highest BCUT2D eigenvalue weighted by Gasteiger charge is 2.24. The fourth-order valence-corrected chi connectivity index (χ4v) is 3.39. The average molecular weight is 248 g/mol. The number of nitrogens with zero attached hydrogens (tertiary/aromatic N) is 1. The van der Waals surface area contributed by atoms with Crippen molar-refractivity contribution in [1.82, 2.24) is 4.90 Å². The van der Waals surface area contributed by atoms with Crippen molar-refractivity contribution in [3.63, 3.8) is 0 Å². The van der Waals surface area contributed by atoms with Crippen LogP contribution in [0.1, 0.15) is 22.0 Å². The zero-order chi connectivity index (χ0) is 11.7. The van der Waals surface area contributed by atoms with Crippen molar-refractivity contribution in [3.05, 3.63) is 46.0 Å². The second kappa shape index (κ2) is 4.64. The van der Waals surface area contributed by atoms with Crippen molar-refractivity contribution in [2.24, 2.45) is 5.73 Å². The Morgan fingerprint density at radius 2 is 2.41 bits per heavy atom. The summed E-state index contributed by atoms with van der Waals surface area (Å²) in [5.74, 6) is 0. The number of hydrogen-bond donors (Lipinski definition) is 1. The van der Waals surface area contributed by atoms with Gasteiger partial charge >= 0.3 is 0 Å². The molecule has 17 heavy (non-hydrogen) atoms. The Labute approximate surface area is 105 Å². The molecule has 0 aliphatic carbocycles. The summed E-state index contributed by atoms with van der Waals surface area (Å²) in [6, 6.07) is 4.53. The van der Waals surface area contributed by atoms with E-state index in [9.17, 15) is 0 Å². The molecular weight excluding hydrogens is 232 g/mol. The Morgan fingerprint density at radius 3 is 3.18 bits per heavy atom. The summed E-state index contributed by atoms with van der Waals surface area (Å²) in [7, 11) is 0. The van der Waals surface area contributed by atoms with E-state index in [1.54, 1.807) is 12.5 Å². The largest absolute Gasteiger partial charge is 0.472 e. The number of thiophene rings is 1. The third-order valence-electron chi connectivity index (χ3n) is 3.43. The van der Waals surface area contributed by atoms with Gasteiger partial charge in [0.2, 0.25) is 0 Å². The highest BCUT2D eigenvalue weighted by Crippen LogP contribution is 2.29. The summed E-state index contributed by atoms with van der Waals surface area (Å²) in [5.41, 5.74) is 8.56. The SMILES string of the molecule is NCC(c1ccoc1)N1CCc2sccc2C1. The highest BCUT2D eigenvalue weighted by atomic mass is 32.1. The van der Waals surface area contributed by atoms with Gasteiger partial charge in [-0.3, -0.25) is 4.90 Å². The fourth-order valence-electron chi connectivity index (χ4n) is 2.50. The zero-order valence-electron chi connectivity index (χ0n) is 9.63. The quantitative estimate of drug-likeness (QED) is 0.907. The van der Waals surface area contributed by atoms with Crippen LogP contribution in [0.3, 0.4) is 0 Å². The van der Waals surface area contributed by atoms with Gasteiger partial charge in [-0.05, 0) is 29.5 Å². The number of fused-ring (bicyclic) bond motifs is 1. The van der Waals surface area contributed by atoms with E-state index in [2.05, 4.69) is 16.3 Å². The summed E-state index contributed by atoms with van der Waals surface area (Å²) in [5, 5.41) is 2.18. The van der Waals surface area contributed by atoms with Crippen molar-refractivity contribution in [2.45, 2.75) is 19.0 Å². The van der Waals surface area contributed by atoms with Crippen LogP contribution in [0.25, 0.3) is 0 Å². The molecule has 0 radical (unpaired) electrons. The topological polar surface area (TPSA) is 42.4 Å². The van der Waals surface area contributed by atoms with Gasteiger partial charge in [0.05, 0.1) is 18.6 Å². The monoisotopic (exact) mass is 248 g/mol. The second-order valence-corrected chi connectivity index (χ2v) is 5.40. The standard InChI is InChI=1S/C13H16N2OS/c14-7-12(11-2-5-16-9-11)15-4-1-13-10(8-15)3-6-17-13/h2-3,5-6,9,12H,1,4,7-8,14H2. The minimum absolute atomic E-state index is 0.279. The van der Waals surface area contributed by atoms with Gasteiger partial charge in [0.25, 0.3) is 0 Å². The molecule has 2 aromatic rings. The molecule has 3 rings (SSSR count). The Bertz CT molecular complexity index is 477. The van der Waals surface area contributed by atoms with Gasteiger partial charge < -0.3 is 10.2 Å². The van der Waals surface area contributed by atoms with Crippen molar-refractivity contribution in [2.75, 3.05) is 13.1 Å². The first kappa shape index (κ1) is 11.0. The van der Waals surface area contributed by atoms with E-state index in [4.69, 9.17) is 10.2 Å². The molecule has 2 aromatic heterocycles. The van der Waals surface area contributed by atoms with Gasteiger partial charge in [0, 0.05) is 30.1 Å². The smallest absolute Gasteiger partial charge is 0.0950 e. The van der Waals surface area contributed by atoms with Crippen LogP contribution in [0.15, 0.2) is 34.5 Å². The fraction of sp³-hybridized carbons (Fsp3) is 0.385. The maximum Gasteiger partial charge on any atom is 0.0950 e. The van der Waals surface area contributed by atoms with E-state index in [1.807, 2.05) is 17.4 Å². The number of nitrogens with two attached hydrogens (primary N) is 1. The minimum atomic E-state index is 0.279. The Morgan fingerprint density at radius 1 is 1.47 bits per heavy atom. The van der Waals surface area contributed by atoms with Crippen molar-refractivity contribution in [1.29, 1.82) is 0 Å². The van der Waals surface area contributed by atoms with E-state index in [0.29, 0.717) is 6.54 Å². The van der Waals surface area contributed by atoms with Gasteiger partial charge in [-0.2, -0.15) is 0 Å². The van der Waals surface area contributed by atoms with Crippen LogP contribution in [0.4, 0.5) is 0 Å². The molecule has 0 spiro atoms. The maximum atomic E-state index is 5.91. The van der Waals surface area contributed by atoms with E-state index in [-0.39, 0.29) is 6.04 Å². The lowest BCUT2D eigenvalue weighted by atomic mass is 10.0. The van der Waals surface area contributed by atoms with Gasteiger partial charge in [-0.1, -0.05) is 0 Å². The third-order valence-corrected chi connectivity index (χ3v) is 4.45. The van der Waals surface area contributed by atoms with Crippen molar-refractivity contribution >= 4 is 11.3 Å². The number of rotatable bonds is 3. The van der Waals surface area contributed by atoms with Crippen LogP contribution in [0.2, 0.25) is 0 Å². The molecule has 1 aliphatic heterocycles. The summed E-state index contributed by atoms with van der Waals surface area (Å²) in [6.07, 6.45) is 4.67. The van der Waals surface area contributed by atoms with Crippen LogP contribution < -0.4 is 5.73 Å². The zero-order valence-corrected chi connectivity index (χ0v) is 10.5. The highest BCUT2D eigenvalue weighted by molar-refractivity contribution is 7.10. The van der Waals surface area contributed by atoms with Crippen LogP contribution in [0.5, 0.6) is 0 Å². The van der Waals surface area contributed by atoms with Gasteiger partial charge in [0.15, 0.2) is 0 Å². The lowest BCUT2D eigenvalue weighted by Gasteiger charge is -2.33. The maximum absolute atomic E-state index is 5.91. The summed E-state index contributed by atoms with van der Waals surface area (Å²) >= 11 is 1.87. The van der Waals surface area contributed by atoms with Crippen molar-refractivity contribution < 1.29 is 4.42 Å². The Kier molecular flexibility index (Phi) is 3.01. The molecule has 1 aliphatic rings. The second-order valence-electron chi connectivity index (χ2n) is 4.40.